The number of nitrogens with zero attached hydrogens (tertiary/aromatic N) is 3. The van der Waals surface area contributed by atoms with E-state index in [2.05, 4.69) is 42.1 Å². The first kappa shape index (κ1) is 24.0. The summed E-state index contributed by atoms with van der Waals surface area (Å²) in [5.41, 5.74) is 5.65. The van der Waals surface area contributed by atoms with Gasteiger partial charge in [0.1, 0.15) is 0 Å². The molecule has 0 spiro atoms. The van der Waals surface area contributed by atoms with Gasteiger partial charge in [-0.15, -0.1) is 0 Å². The van der Waals surface area contributed by atoms with Crippen molar-refractivity contribution in [2.24, 2.45) is 0 Å². The maximum atomic E-state index is 13.1. The molecule has 4 rings (SSSR count). The first-order valence-electron chi connectivity index (χ1n) is 11.5. The molecule has 7 nitrogen and oxygen atoms in total. The summed E-state index contributed by atoms with van der Waals surface area (Å²) >= 11 is 0. The SMILES string of the molecule is Cc1ccc(C)c(N2CCN(C(=O)CCS(=O)(=O)c3cc(-c4cc(C)no4)ccc3C)CC2)c1. The molecule has 0 N–H and O–H groups in total. The van der Waals surface area contributed by atoms with Crippen LogP contribution in [0.5, 0.6) is 0 Å². The minimum absolute atomic E-state index is 0.0309. The van der Waals surface area contributed by atoms with Gasteiger partial charge in [-0.1, -0.05) is 29.4 Å². The van der Waals surface area contributed by atoms with Gasteiger partial charge in [-0.25, -0.2) is 8.42 Å². The predicted octanol–water partition coefficient (Wildman–Crippen LogP) is 4.09. The number of carbonyl (C=O) groups is 1. The Balaban J connectivity index is 1.39. The molecule has 1 amide bonds. The lowest BCUT2D eigenvalue weighted by atomic mass is 10.1. The molecule has 3 aromatic rings. The number of aryl methyl sites for hydroxylation is 4. The molecule has 1 aliphatic rings. The third kappa shape index (κ3) is 5.17. The summed E-state index contributed by atoms with van der Waals surface area (Å²) in [7, 11) is -3.63. The standard InChI is InChI=1S/C26H31N3O4S/c1-18-5-6-19(2)23(15-18)28-10-12-29(13-11-28)26(30)9-14-34(31,32)25-17-22(8-7-20(25)3)24-16-21(4)27-33-24/h5-8,15-17H,9-14H2,1-4H3. The zero-order valence-electron chi connectivity index (χ0n) is 20.2. The number of sulfone groups is 1. The van der Waals surface area contributed by atoms with E-state index >= 15 is 0 Å². The molecule has 1 fully saturated rings. The molecule has 0 aliphatic carbocycles. The number of rotatable bonds is 6. The summed E-state index contributed by atoms with van der Waals surface area (Å²) in [5, 5.41) is 3.87. The van der Waals surface area contributed by atoms with Gasteiger partial charge in [0.15, 0.2) is 15.6 Å². The summed E-state index contributed by atoms with van der Waals surface area (Å²) < 4.78 is 31.5. The molecule has 8 heteroatoms. The lowest BCUT2D eigenvalue weighted by molar-refractivity contribution is -0.131. The maximum absolute atomic E-state index is 13.1. The van der Waals surface area contributed by atoms with E-state index in [-0.39, 0.29) is 23.0 Å². The molecule has 0 bridgehead atoms. The summed E-state index contributed by atoms with van der Waals surface area (Å²) in [6, 6.07) is 13.3. The van der Waals surface area contributed by atoms with E-state index in [1.54, 1.807) is 30.0 Å². The van der Waals surface area contributed by atoms with Crippen molar-refractivity contribution in [1.82, 2.24) is 10.1 Å². The van der Waals surface area contributed by atoms with Crippen molar-refractivity contribution in [2.75, 3.05) is 36.8 Å². The summed E-state index contributed by atoms with van der Waals surface area (Å²) in [5.74, 6) is 0.179. The van der Waals surface area contributed by atoms with Crippen LogP contribution in [-0.4, -0.2) is 56.3 Å². The molecule has 0 atom stereocenters. The van der Waals surface area contributed by atoms with Crippen LogP contribution in [0.1, 0.15) is 28.8 Å². The van der Waals surface area contributed by atoms with Gasteiger partial charge in [0.2, 0.25) is 5.91 Å². The fourth-order valence-corrected chi connectivity index (χ4v) is 5.86. The fraction of sp³-hybridized carbons (Fsp3) is 0.385. The van der Waals surface area contributed by atoms with Crippen LogP contribution in [-0.2, 0) is 14.6 Å². The van der Waals surface area contributed by atoms with E-state index in [4.69, 9.17) is 4.52 Å². The number of carbonyl (C=O) groups excluding carboxylic acids is 1. The number of aromatic nitrogens is 1. The molecule has 2 heterocycles. The summed E-state index contributed by atoms with van der Waals surface area (Å²) in [6.07, 6.45) is -0.0309. The first-order valence-corrected chi connectivity index (χ1v) is 13.2. The van der Waals surface area contributed by atoms with Gasteiger partial charge < -0.3 is 14.3 Å². The highest BCUT2D eigenvalue weighted by Gasteiger charge is 2.25. The highest BCUT2D eigenvalue weighted by atomic mass is 32.2. The van der Waals surface area contributed by atoms with Crippen molar-refractivity contribution in [1.29, 1.82) is 0 Å². The first-order chi connectivity index (χ1) is 16.1. The predicted molar refractivity (Wildman–Crippen MR) is 133 cm³/mol. The van der Waals surface area contributed by atoms with Gasteiger partial charge in [0.05, 0.1) is 16.3 Å². The average Bonchev–Trinajstić information content (AvgIpc) is 3.25. The number of amides is 1. The smallest absolute Gasteiger partial charge is 0.223 e. The minimum Gasteiger partial charge on any atom is -0.368 e. The van der Waals surface area contributed by atoms with Crippen LogP contribution >= 0.6 is 0 Å². The minimum atomic E-state index is -3.63. The van der Waals surface area contributed by atoms with Crippen molar-refractivity contribution >= 4 is 21.4 Å². The van der Waals surface area contributed by atoms with Crippen LogP contribution in [0.2, 0.25) is 0 Å². The van der Waals surface area contributed by atoms with E-state index in [0.717, 1.165) is 18.8 Å². The zero-order chi connectivity index (χ0) is 24.5. The van der Waals surface area contributed by atoms with Crippen LogP contribution in [0.4, 0.5) is 5.69 Å². The van der Waals surface area contributed by atoms with Crippen LogP contribution in [0, 0.1) is 27.7 Å². The lowest BCUT2D eigenvalue weighted by Crippen LogP contribution is -2.49. The van der Waals surface area contributed by atoms with Gasteiger partial charge in [0.25, 0.3) is 0 Å². The van der Waals surface area contributed by atoms with Crippen molar-refractivity contribution in [2.45, 2.75) is 39.0 Å². The second-order valence-corrected chi connectivity index (χ2v) is 11.1. The Labute approximate surface area is 201 Å². The molecule has 2 aromatic carbocycles. The fourth-order valence-electron chi connectivity index (χ4n) is 4.33. The Morgan fingerprint density at radius 3 is 2.32 bits per heavy atom. The Hall–Kier alpha value is -3.13. The van der Waals surface area contributed by atoms with Gasteiger partial charge in [0, 0.05) is 49.9 Å². The summed E-state index contributed by atoms with van der Waals surface area (Å²) in [6.45, 7) is 10.4. The van der Waals surface area contributed by atoms with Crippen molar-refractivity contribution in [3.8, 4) is 11.3 Å². The van der Waals surface area contributed by atoms with E-state index in [1.165, 1.54) is 16.8 Å². The van der Waals surface area contributed by atoms with Crippen LogP contribution in [0.25, 0.3) is 11.3 Å². The van der Waals surface area contributed by atoms with Gasteiger partial charge in [-0.05, 0) is 56.5 Å². The number of hydrogen-bond donors (Lipinski definition) is 0. The van der Waals surface area contributed by atoms with Gasteiger partial charge >= 0.3 is 0 Å². The van der Waals surface area contributed by atoms with Crippen molar-refractivity contribution in [3.63, 3.8) is 0 Å². The molecule has 34 heavy (non-hydrogen) atoms. The van der Waals surface area contributed by atoms with Crippen LogP contribution in [0.3, 0.4) is 0 Å². The highest BCUT2D eigenvalue weighted by molar-refractivity contribution is 7.91. The molecule has 0 unspecified atom stereocenters. The molecule has 0 radical (unpaired) electrons. The Morgan fingerprint density at radius 2 is 1.65 bits per heavy atom. The third-order valence-electron chi connectivity index (χ3n) is 6.36. The molecule has 1 aliphatic heterocycles. The second kappa shape index (κ2) is 9.62. The largest absolute Gasteiger partial charge is 0.368 e. The number of piperazine rings is 1. The molecule has 180 valence electrons. The average molecular weight is 482 g/mol. The van der Waals surface area contributed by atoms with Crippen LogP contribution < -0.4 is 4.90 Å². The Bertz CT molecular complexity index is 1310. The van der Waals surface area contributed by atoms with E-state index in [0.29, 0.717) is 30.0 Å². The van der Waals surface area contributed by atoms with Gasteiger partial charge in [-0.2, -0.15) is 0 Å². The molecule has 1 saturated heterocycles. The van der Waals surface area contributed by atoms with E-state index in [1.807, 2.05) is 13.0 Å². The third-order valence-corrected chi connectivity index (χ3v) is 8.21. The monoisotopic (exact) mass is 481 g/mol. The topological polar surface area (TPSA) is 83.7 Å². The molecule has 0 saturated carbocycles. The van der Waals surface area contributed by atoms with Crippen molar-refractivity contribution < 1.29 is 17.7 Å². The van der Waals surface area contributed by atoms with Gasteiger partial charge in [-0.3, -0.25) is 4.79 Å². The lowest BCUT2D eigenvalue weighted by Gasteiger charge is -2.37. The second-order valence-electron chi connectivity index (χ2n) is 9.04. The van der Waals surface area contributed by atoms with E-state index < -0.39 is 9.84 Å². The Kier molecular flexibility index (Phi) is 6.79. The van der Waals surface area contributed by atoms with Crippen LogP contribution in [0.15, 0.2) is 51.9 Å². The number of benzene rings is 2. The van der Waals surface area contributed by atoms with E-state index in [9.17, 15) is 13.2 Å². The maximum Gasteiger partial charge on any atom is 0.223 e. The number of anilines is 1. The molecular weight excluding hydrogens is 450 g/mol. The van der Waals surface area contributed by atoms with Crippen molar-refractivity contribution in [3.05, 3.63) is 64.8 Å². The Morgan fingerprint density at radius 1 is 0.941 bits per heavy atom. The highest BCUT2D eigenvalue weighted by Crippen LogP contribution is 2.27. The quantitative estimate of drug-likeness (QED) is 0.527. The zero-order valence-corrected chi connectivity index (χ0v) is 21.0. The normalized spacial score (nSPS) is 14.5. The molecule has 1 aromatic heterocycles. The number of hydrogen-bond acceptors (Lipinski definition) is 6. The molecular formula is C26H31N3O4S. The summed E-state index contributed by atoms with van der Waals surface area (Å²) in [4.78, 5) is 17.1.